The normalized spacial score (nSPS) is 15.8. The lowest BCUT2D eigenvalue weighted by atomic mass is 9.97. The number of carbonyl (C=O) groups is 1. The van der Waals surface area contributed by atoms with Crippen molar-refractivity contribution in [1.82, 2.24) is 9.97 Å². The minimum atomic E-state index is 0.0375. The Hall–Kier alpha value is -2.95. The van der Waals surface area contributed by atoms with Crippen LogP contribution in [0.5, 0.6) is 0 Å². The summed E-state index contributed by atoms with van der Waals surface area (Å²) >= 11 is 0. The van der Waals surface area contributed by atoms with E-state index in [2.05, 4.69) is 33.1 Å². The first-order valence-corrected chi connectivity index (χ1v) is 9.55. The van der Waals surface area contributed by atoms with Crippen LogP contribution >= 0.6 is 0 Å². The van der Waals surface area contributed by atoms with Gasteiger partial charge < -0.3 is 9.80 Å². The number of aromatic nitrogens is 2. The first-order chi connectivity index (χ1) is 13.1. The van der Waals surface area contributed by atoms with Crippen LogP contribution in [0.25, 0.3) is 11.0 Å². The Labute approximate surface area is 158 Å². The Bertz CT molecular complexity index is 1080. The highest BCUT2D eigenvalue weighted by molar-refractivity contribution is 6.09. The molecule has 0 N–H and O–H groups in total. The Morgan fingerprint density at radius 3 is 2.63 bits per heavy atom. The fourth-order valence-corrected chi connectivity index (χ4v) is 4.23. The van der Waals surface area contributed by atoms with Gasteiger partial charge in [0.05, 0.1) is 33.8 Å². The molecule has 3 heterocycles. The van der Waals surface area contributed by atoms with E-state index in [0.29, 0.717) is 12.1 Å². The van der Waals surface area contributed by atoms with Crippen molar-refractivity contribution in [2.24, 2.45) is 0 Å². The highest BCUT2D eigenvalue weighted by Gasteiger charge is 2.31. The van der Waals surface area contributed by atoms with Gasteiger partial charge in [-0.3, -0.25) is 4.79 Å². The van der Waals surface area contributed by atoms with Gasteiger partial charge in [-0.15, -0.1) is 0 Å². The van der Waals surface area contributed by atoms with Crippen molar-refractivity contribution in [3.63, 3.8) is 0 Å². The molecule has 1 amide bonds. The molecule has 5 heteroatoms. The molecule has 2 aromatic carbocycles. The third kappa shape index (κ3) is 2.57. The molecule has 2 aliphatic heterocycles. The summed E-state index contributed by atoms with van der Waals surface area (Å²) in [4.78, 5) is 26.9. The number of carbonyl (C=O) groups excluding carboxylic acids is 1. The van der Waals surface area contributed by atoms with Crippen molar-refractivity contribution in [2.75, 3.05) is 29.4 Å². The largest absolute Gasteiger partial charge is 0.368 e. The van der Waals surface area contributed by atoms with Gasteiger partial charge in [-0.2, -0.15) is 0 Å². The quantitative estimate of drug-likeness (QED) is 0.666. The Kier molecular flexibility index (Phi) is 3.64. The summed E-state index contributed by atoms with van der Waals surface area (Å²) in [6, 6.07) is 12.0. The summed E-state index contributed by atoms with van der Waals surface area (Å²) < 4.78 is 0. The molecule has 5 rings (SSSR count). The number of fused-ring (bicyclic) bond motifs is 1. The molecule has 0 bridgehead atoms. The van der Waals surface area contributed by atoms with Gasteiger partial charge in [0.1, 0.15) is 0 Å². The van der Waals surface area contributed by atoms with Gasteiger partial charge in [0.15, 0.2) is 0 Å². The third-order valence-corrected chi connectivity index (χ3v) is 5.74. The summed E-state index contributed by atoms with van der Waals surface area (Å²) in [5.41, 5.74) is 7.74. The van der Waals surface area contributed by atoms with Gasteiger partial charge in [0, 0.05) is 25.2 Å². The molecule has 0 saturated heterocycles. The fourth-order valence-electron chi connectivity index (χ4n) is 4.23. The number of nitrogens with zero attached hydrogens (tertiary/aromatic N) is 4. The molecule has 136 valence electrons. The molecule has 0 fully saturated rings. The lowest BCUT2D eigenvalue weighted by Crippen LogP contribution is -2.46. The molecule has 0 radical (unpaired) electrons. The van der Waals surface area contributed by atoms with Gasteiger partial charge in [0.2, 0.25) is 0 Å². The monoisotopic (exact) mass is 358 g/mol. The molecule has 0 unspecified atom stereocenters. The smallest absolute Gasteiger partial charge is 0.258 e. The number of hydrogen-bond acceptors (Lipinski definition) is 4. The molecule has 2 aliphatic rings. The van der Waals surface area contributed by atoms with Crippen molar-refractivity contribution in [1.29, 1.82) is 0 Å². The summed E-state index contributed by atoms with van der Waals surface area (Å²) in [5, 5.41) is 0. The fraction of sp³-hybridized carbons (Fsp3) is 0.318. The molecular formula is C22H22N4O. The van der Waals surface area contributed by atoms with Crippen LogP contribution < -0.4 is 9.80 Å². The van der Waals surface area contributed by atoms with Crippen LogP contribution in [0.2, 0.25) is 0 Å². The van der Waals surface area contributed by atoms with E-state index >= 15 is 0 Å². The number of benzene rings is 2. The summed E-state index contributed by atoms with van der Waals surface area (Å²) in [5.74, 6) is 0.0375. The van der Waals surface area contributed by atoms with Gasteiger partial charge in [0.25, 0.3) is 5.91 Å². The highest BCUT2D eigenvalue weighted by Crippen LogP contribution is 2.39. The zero-order chi connectivity index (χ0) is 18.5. The third-order valence-electron chi connectivity index (χ3n) is 5.74. The van der Waals surface area contributed by atoms with E-state index in [1.165, 1.54) is 17.7 Å². The van der Waals surface area contributed by atoms with Crippen LogP contribution in [0, 0.1) is 13.8 Å². The van der Waals surface area contributed by atoms with Crippen molar-refractivity contribution in [3.8, 4) is 0 Å². The van der Waals surface area contributed by atoms with Crippen LogP contribution in [0.1, 0.15) is 33.7 Å². The maximum atomic E-state index is 13.3. The summed E-state index contributed by atoms with van der Waals surface area (Å²) in [6.07, 6.45) is 2.28. The van der Waals surface area contributed by atoms with Crippen LogP contribution in [-0.2, 0) is 6.42 Å². The zero-order valence-corrected chi connectivity index (χ0v) is 15.7. The van der Waals surface area contributed by atoms with Gasteiger partial charge in [-0.1, -0.05) is 12.1 Å². The maximum Gasteiger partial charge on any atom is 0.258 e. The van der Waals surface area contributed by atoms with Crippen molar-refractivity contribution in [2.45, 2.75) is 26.7 Å². The van der Waals surface area contributed by atoms with Crippen molar-refractivity contribution in [3.05, 3.63) is 58.9 Å². The molecule has 0 saturated carbocycles. The van der Waals surface area contributed by atoms with Gasteiger partial charge >= 0.3 is 0 Å². The number of hydrogen-bond donors (Lipinski definition) is 0. The second-order valence-electron chi connectivity index (χ2n) is 7.43. The number of rotatable bonds is 1. The topological polar surface area (TPSA) is 49.3 Å². The summed E-state index contributed by atoms with van der Waals surface area (Å²) in [6.45, 7) is 6.59. The lowest BCUT2D eigenvalue weighted by Gasteiger charge is -2.41. The second kappa shape index (κ2) is 6.05. The minimum Gasteiger partial charge on any atom is -0.368 e. The molecule has 5 nitrogen and oxygen atoms in total. The molecule has 1 aromatic heterocycles. The van der Waals surface area contributed by atoms with E-state index in [1.54, 1.807) is 0 Å². The SMILES string of the molecule is Cc1nc2ccc(C(=O)N3CCN4CCCc5cccc3c54)cc2nc1C. The van der Waals surface area contributed by atoms with Crippen LogP contribution in [0.4, 0.5) is 11.4 Å². The van der Waals surface area contributed by atoms with Crippen LogP contribution in [0.15, 0.2) is 36.4 Å². The standard InChI is InChI=1S/C22H22N4O/c1-14-15(2)24-19-13-17(8-9-18(19)23-14)22(27)26-12-11-25-10-4-6-16-5-3-7-20(26)21(16)25/h3,5,7-9,13H,4,6,10-12H2,1-2H3. The Morgan fingerprint density at radius 1 is 0.963 bits per heavy atom. The highest BCUT2D eigenvalue weighted by atomic mass is 16.2. The van der Waals surface area contributed by atoms with E-state index < -0.39 is 0 Å². The molecule has 27 heavy (non-hydrogen) atoms. The van der Waals surface area contributed by atoms with Crippen LogP contribution in [0.3, 0.4) is 0 Å². The average molecular weight is 358 g/mol. The lowest BCUT2D eigenvalue weighted by molar-refractivity contribution is 0.0986. The van der Waals surface area contributed by atoms with Crippen molar-refractivity contribution >= 4 is 28.3 Å². The Morgan fingerprint density at radius 2 is 1.78 bits per heavy atom. The second-order valence-corrected chi connectivity index (χ2v) is 7.43. The number of anilines is 2. The number of para-hydroxylation sites is 1. The van der Waals surface area contributed by atoms with Crippen LogP contribution in [-0.4, -0.2) is 35.5 Å². The molecule has 3 aromatic rings. The predicted molar refractivity (Wildman–Crippen MR) is 108 cm³/mol. The number of aryl methyl sites for hydroxylation is 3. The summed E-state index contributed by atoms with van der Waals surface area (Å²) in [7, 11) is 0. The Balaban J connectivity index is 1.56. The predicted octanol–water partition coefficient (Wildman–Crippen LogP) is 3.66. The molecule has 0 aliphatic carbocycles. The molecule has 0 spiro atoms. The minimum absolute atomic E-state index is 0.0375. The zero-order valence-electron chi connectivity index (χ0n) is 15.7. The van der Waals surface area contributed by atoms with E-state index in [0.717, 1.165) is 47.6 Å². The van der Waals surface area contributed by atoms with E-state index in [9.17, 15) is 4.79 Å². The maximum absolute atomic E-state index is 13.3. The first-order valence-electron chi connectivity index (χ1n) is 9.55. The van der Waals surface area contributed by atoms with Crippen molar-refractivity contribution < 1.29 is 4.79 Å². The van der Waals surface area contributed by atoms with E-state index in [4.69, 9.17) is 0 Å². The van der Waals surface area contributed by atoms with E-state index in [1.807, 2.05) is 36.9 Å². The average Bonchev–Trinajstić information content (AvgIpc) is 2.69. The molecule has 0 atom stereocenters. The number of amides is 1. The first kappa shape index (κ1) is 16.2. The molecular weight excluding hydrogens is 336 g/mol. The van der Waals surface area contributed by atoms with E-state index in [-0.39, 0.29) is 5.91 Å². The van der Waals surface area contributed by atoms with Gasteiger partial charge in [-0.05, 0) is 56.5 Å². The van der Waals surface area contributed by atoms with Gasteiger partial charge in [-0.25, -0.2) is 9.97 Å².